The van der Waals surface area contributed by atoms with E-state index in [1.165, 1.54) is 11.1 Å². The summed E-state index contributed by atoms with van der Waals surface area (Å²) < 4.78 is 2.14. The van der Waals surface area contributed by atoms with Gasteiger partial charge in [-0.05, 0) is 30.2 Å². The van der Waals surface area contributed by atoms with Crippen molar-refractivity contribution < 1.29 is 0 Å². The monoisotopic (exact) mass is 261 g/mol. The molecule has 2 aromatic carbocycles. The van der Waals surface area contributed by atoms with Gasteiger partial charge >= 0.3 is 0 Å². The fraction of sp³-hybridized carbons (Fsp3) is 0.176. The molecule has 1 heterocycles. The number of hydrogen-bond acceptors (Lipinski definition) is 2. The molecule has 0 bridgehead atoms. The van der Waals surface area contributed by atoms with Crippen LogP contribution in [-0.2, 0) is 13.0 Å². The lowest BCUT2D eigenvalue weighted by molar-refractivity contribution is 0.765. The fourth-order valence-electron chi connectivity index (χ4n) is 2.47. The van der Waals surface area contributed by atoms with Crippen molar-refractivity contribution in [2.75, 3.05) is 0 Å². The van der Waals surface area contributed by atoms with Gasteiger partial charge in [-0.1, -0.05) is 36.4 Å². The topological polar surface area (TPSA) is 41.6 Å². The van der Waals surface area contributed by atoms with Crippen LogP contribution in [0.3, 0.4) is 0 Å². The van der Waals surface area contributed by atoms with E-state index in [4.69, 9.17) is 5.26 Å². The number of aromatic nitrogens is 2. The third kappa shape index (κ3) is 2.17. The highest BCUT2D eigenvalue weighted by molar-refractivity contribution is 5.76. The lowest BCUT2D eigenvalue weighted by atomic mass is 10.1. The van der Waals surface area contributed by atoms with Gasteiger partial charge in [0.1, 0.15) is 5.82 Å². The van der Waals surface area contributed by atoms with E-state index in [1.807, 2.05) is 30.3 Å². The van der Waals surface area contributed by atoms with Crippen molar-refractivity contribution in [2.24, 2.45) is 0 Å². The van der Waals surface area contributed by atoms with E-state index in [-0.39, 0.29) is 0 Å². The Hall–Kier alpha value is -2.60. The fourth-order valence-corrected chi connectivity index (χ4v) is 2.47. The van der Waals surface area contributed by atoms with Crippen molar-refractivity contribution in [1.29, 1.82) is 5.26 Å². The molecule has 0 aliphatic rings. The summed E-state index contributed by atoms with van der Waals surface area (Å²) in [5.41, 5.74) is 4.55. The van der Waals surface area contributed by atoms with Gasteiger partial charge in [-0.15, -0.1) is 0 Å². The van der Waals surface area contributed by atoms with Crippen LogP contribution in [0.1, 0.15) is 17.0 Å². The molecule has 3 heteroatoms. The molecule has 3 nitrogen and oxygen atoms in total. The molecule has 0 N–H and O–H groups in total. The molecular weight excluding hydrogens is 246 g/mol. The zero-order valence-corrected chi connectivity index (χ0v) is 11.4. The van der Waals surface area contributed by atoms with Crippen molar-refractivity contribution in [3.05, 3.63) is 65.5 Å². The standard InChI is InChI=1S/C17H15N3/c1-13-6-2-3-7-14(13)12-20-16-9-5-4-8-15(16)19-17(20)10-11-18/h2-9H,10,12H2,1H3. The first-order chi connectivity index (χ1) is 9.79. The molecule has 0 fully saturated rings. The number of benzene rings is 2. The third-order valence-electron chi connectivity index (χ3n) is 3.56. The molecule has 0 aliphatic carbocycles. The van der Waals surface area contributed by atoms with E-state index in [2.05, 4.69) is 40.7 Å². The van der Waals surface area contributed by atoms with E-state index in [0.29, 0.717) is 6.42 Å². The molecule has 0 saturated heterocycles. The Labute approximate surface area is 118 Å². The molecule has 0 atom stereocenters. The maximum Gasteiger partial charge on any atom is 0.124 e. The molecular formula is C17H15N3. The van der Waals surface area contributed by atoms with Gasteiger partial charge in [0.25, 0.3) is 0 Å². The SMILES string of the molecule is Cc1ccccc1Cn1c(CC#N)nc2ccccc21. The first-order valence-corrected chi connectivity index (χ1v) is 6.65. The molecule has 1 aromatic heterocycles. The van der Waals surface area contributed by atoms with Crippen LogP contribution in [0.4, 0.5) is 0 Å². The summed E-state index contributed by atoms with van der Waals surface area (Å²) in [5.74, 6) is 0.831. The summed E-state index contributed by atoms with van der Waals surface area (Å²) >= 11 is 0. The van der Waals surface area contributed by atoms with Crippen LogP contribution in [0, 0.1) is 18.3 Å². The highest BCUT2D eigenvalue weighted by atomic mass is 15.1. The Kier molecular flexibility index (Phi) is 3.22. The highest BCUT2D eigenvalue weighted by Crippen LogP contribution is 2.19. The van der Waals surface area contributed by atoms with Gasteiger partial charge in [0, 0.05) is 6.54 Å². The van der Waals surface area contributed by atoms with Crippen molar-refractivity contribution in [1.82, 2.24) is 9.55 Å². The van der Waals surface area contributed by atoms with Gasteiger partial charge in [-0.25, -0.2) is 4.98 Å². The zero-order valence-electron chi connectivity index (χ0n) is 11.4. The van der Waals surface area contributed by atoms with Crippen molar-refractivity contribution in [3.8, 4) is 6.07 Å². The Bertz CT molecular complexity index is 793. The largest absolute Gasteiger partial charge is 0.323 e. The normalized spacial score (nSPS) is 10.6. The predicted octanol–water partition coefficient (Wildman–Crippen LogP) is 3.46. The molecule has 0 radical (unpaired) electrons. The van der Waals surface area contributed by atoms with Crippen LogP contribution in [0.2, 0.25) is 0 Å². The van der Waals surface area contributed by atoms with Crippen LogP contribution >= 0.6 is 0 Å². The first-order valence-electron chi connectivity index (χ1n) is 6.65. The average Bonchev–Trinajstić information content (AvgIpc) is 2.80. The number of nitrogens with zero attached hydrogens (tertiary/aromatic N) is 3. The number of para-hydroxylation sites is 2. The molecule has 0 unspecified atom stereocenters. The number of fused-ring (bicyclic) bond motifs is 1. The smallest absolute Gasteiger partial charge is 0.124 e. The number of rotatable bonds is 3. The maximum atomic E-state index is 8.99. The van der Waals surface area contributed by atoms with E-state index in [1.54, 1.807) is 0 Å². The minimum atomic E-state index is 0.334. The second kappa shape index (κ2) is 5.18. The molecule has 3 rings (SSSR count). The summed E-state index contributed by atoms with van der Waals surface area (Å²) in [4.78, 5) is 4.57. The highest BCUT2D eigenvalue weighted by Gasteiger charge is 2.11. The van der Waals surface area contributed by atoms with Crippen molar-refractivity contribution in [2.45, 2.75) is 19.9 Å². The summed E-state index contributed by atoms with van der Waals surface area (Å²) in [6.07, 6.45) is 0.334. The van der Waals surface area contributed by atoms with Crippen LogP contribution in [0.5, 0.6) is 0 Å². The third-order valence-corrected chi connectivity index (χ3v) is 3.56. The molecule has 0 spiro atoms. The summed E-state index contributed by atoms with van der Waals surface area (Å²) in [6, 6.07) is 18.6. The zero-order chi connectivity index (χ0) is 13.9. The second-order valence-electron chi connectivity index (χ2n) is 4.86. The van der Waals surface area contributed by atoms with Crippen molar-refractivity contribution in [3.63, 3.8) is 0 Å². The Morgan fingerprint density at radius 2 is 1.85 bits per heavy atom. The van der Waals surface area contributed by atoms with E-state index < -0.39 is 0 Å². The lowest BCUT2D eigenvalue weighted by Crippen LogP contribution is -2.05. The Balaban J connectivity index is 2.12. The molecule has 0 saturated carbocycles. The summed E-state index contributed by atoms with van der Waals surface area (Å²) in [5, 5.41) is 8.99. The number of imidazole rings is 1. The van der Waals surface area contributed by atoms with Crippen LogP contribution in [0.15, 0.2) is 48.5 Å². The summed E-state index contributed by atoms with van der Waals surface area (Å²) in [7, 11) is 0. The average molecular weight is 261 g/mol. The predicted molar refractivity (Wildman–Crippen MR) is 79.3 cm³/mol. The van der Waals surface area contributed by atoms with Crippen LogP contribution in [0.25, 0.3) is 11.0 Å². The summed E-state index contributed by atoms with van der Waals surface area (Å²) in [6.45, 7) is 2.86. The van der Waals surface area contributed by atoms with Gasteiger partial charge in [-0.3, -0.25) is 0 Å². The number of hydrogen-bond donors (Lipinski definition) is 0. The second-order valence-corrected chi connectivity index (χ2v) is 4.86. The Morgan fingerprint density at radius 1 is 1.10 bits per heavy atom. The van der Waals surface area contributed by atoms with E-state index in [9.17, 15) is 0 Å². The van der Waals surface area contributed by atoms with Gasteiger partial charge in [0.15, 0.2) is 0 Å². The van der Waals surface area contributed by atoms with E-state index in [0.717, 1.165) is 23.4 Å². The molecule has 0 amide bonds. The molecule has 20 heavy (non-hydrogen) atoms. The van der Waals surface area contributed by atoms with Crippen LogP contribution < -0.4 is 0 Å². The number of aryl methyl sites for hydroxylation is 1. The van der Waals surface area contributed by atoms with E-state index >= 15 is 0 Å². The van der Waals surface area contributed by atoms with Gasteiger partial charge < -0.3 is 4.57 Å². The first kappa shape index (κ1) is 12.4. The van der Waals surface area contributed by atoms with Gasteiger partial charge in [-0.2, -0.15) is 5.26 Å². The van der Waals surface area contributed by atoms with Crippen LogP contribution in [-0.4, -0.2) is 9.55 Å². The van der Waals surface area contributed by atoms with Crippen molar-refractivity contribution >= 4 is 11.0 Å². The van der Waals surface area contributed by atoms with Gasteiger partial charge in [0.2, 0.25) is 0 Å². The van der Waals surface area contributed by atoms with Gasteiger partial charge in [0.05, 0.1) is 23.5 Å². The quantitative estimate of drug-likeness (QED) is 0.724. The maximum absolute atomic E-state index is 8.99. The molecule has 98 valence electrons. The Morgan fingerprint density at radius 3 is 2.65 bits per heavy atom. The molecule has 3 aromatic rings. The lowest BCUT2D eigenvalue weighted by Gasteiger charge is -2.10. The minimum absolute atomic E-state index is 0.334. The minimum Gasteiger partial charge on any atom is -0.323 e. The molecule has 0 aliphatic heterocycles. The number of nitriles is 1.